The minimum atomic E-state index is 0.112. The molecule has 0 spiro atoms. The van der Waals surface area contributed by atoms with Crippen LogP contribution in [-0.2, 0) is 6.42 Å². The van der Waals surface area contributed by atoms with E-state index in [-0.39, 0.29) is 5.78 Å². The topological polar surface area (TPSA) is 17.1 Å². The average Bonchev–Trinajstić information content (AvgIpc) is 2.89. The minimum Gasteiger partial charge on any atom is -0.294 e. The third-order valence-corrected chi connectivity index (χ3v) is 4.42. The molecule has 3 heteroatoms. The highest BCUT2D eigenvalue weighted by Gasteiger charge is 2.12. The van der Waals surface area contributed by atoms with E-state index in [1.54, 1.807) is 11.3 Å². The zero-order valence-corrected chi connectivity index (χ0v) is 11.7. The second-order valence-corrected chi connectivity index (χ2v) is 5.66. The molecule has 19 heavy (non-hydrogen) atoms. The normalized spacial score (nSPS) is 10.8. The van der Waals surface area contributed by atoms with Gasteiger partial charge in [0.15, 0.2) is 5.78 Å². The van der Waals surface area contributed by atoms with Crippen LogP contribution in [0, 0.1) is 0 Å². The lowest BCUT2D eigenvalue weighted by molar-refractivity contribution is 0.0994. The highest BCUT2D eigenvalue weighted by atomic mass is 35.5. The van der Waals surface area contributed by atoms with E-state index in [1.807, 2.05) is 53.9 Å². The largest absolute Gasteiger partial charge is 0.294 e. The van der Waals surface area contributed by atoms with Gasteiger partial charge >= 0.3 is 0 Å². The molecule has 1 nitrogen and oxygen atoms in total. The molecule has 1 aromatic heterocycles. The molecule has 0 atom stereocenters. The summed E-state index contributed by atoms with van der Waals surface area (Å²) >= 11 is 7.71. The van der Waals surface area contributed by atoms with Gasteiger partial charge in [-0.3, -0.25) is 4.79 Å². The van der Waals surface area contributed by atoms with Gasteiger partial charge in [-0.05, 0) is 34.5 Å². The number of Topliss-reactive ketones (excluding diaryl/α,β-unsaturated/α-hetero) is 1. The number of benzene rings is 2. The molecule has 0 unspecified atom stereocenters. The number of carbonyl (C=O) groups excluding carboxylic acids is 1. The monoisotopic (exact) mass is 286 g/mol. The number of hydrogen-bond donors (Lipinski definition) is 0. The van der Waals surface area contributed by atoms with Crippen LogP contribution in [0.25, 0.3) is 10.1 Å². The molecule has 0 N–H and O–H groups in total. The van der Waals surface area contributed by atoms with Gasteiger partial charge in [0.1, 0.15) is 0 Å². The molecule has 0 amide bonds. The lowest BCUT2D eigenvalue weighted by Crippen LogP contribution is -2.04. The summed E-state index contributed by atoms with van der Waals surface area (Å²) in [6, 6.07) is 15.4. The van der Waals surface area contributed by atoms with Crippen LogP contribution in [0.5, 0.6) is 0 Å². The van der Waals surface area contributed by atoms with Crippen LogP contribution in [0.3, 0.4) is 0 Å². The number of halogens is 1. The van der Waals surface area contributed by atoms with E-state index in [0.717, 1.165) is 21.2 Å². The standard InChI is InChI=1S/C16H11ClOS/c17-14-7-2-1-4-12(14)10-15(18)13-6-3-5-11-8-9-19-16(11)13/h1-9H,10H2. The van der Waals surface area contributed by atoms with Crippen LogP contribution in [-0.4, -0.2) is 5.78 Å². The quantitative estimate of drug-likeness (QED) is 0.621. The Morgan fingerprint density at radius 3 is 2.74 bits per heavy atom. The Balaban J connectivity index is 1.97. The Kier molecular flexibility index (Phi) is 3.36. The van der Waals surface area contributed by atoms with E-state index >= 15 is 0 Å². The Labute approximate surface area is 120 Å². The van der Waals surface area contributed by atoms with Crippen molar-refractivity contribution in [3.8, 4) is 0 Å². The molecule has 0 radical (unpaired) electrons. The van der Waals surface area contributed by atoms with E-state index in [2.05, 4.69) is 0 Å². The number of rotatable bonds is 3. The molecule has 0 saturated heterocycles. The molecule has 1 heterocycles. The van der Waals surface area contributed by atoms with Gasteiger partial charge in [0.2, 0.25) is 0 Å². The molecule has 94 valence electrons. The first kappa shape index (κ1) is 12.4. The summed E-state index contributed by atoms with van der Waals surface area (Å²) in [5.74, 6) is 0.112. The van der Waals surface area contributed by atoms with Crippen molar-refractivity contribution in [2.75, 3.05) is 0 Å². The van der Waals surface area contributed by atoms with E-state index < -0.39 is 0 Å². The molecule has 0 aliphatic heterocycles. The van der Waals surface area contributed by atoms with Gasteiger partial charge in [-0.1, -0.05) is 41.9 Å². The summed E-state index contributed by atoms with van der Waals surface area (Å²) < 4.78 is 1.06. The maximum atomic E-state index is 12.4. The SMILES string of the molecule is O=C(Cc1ccccc1Cl)c1cccc2ccsc12. The molecule has 3 rings (SSSR count). The fourth-order valence-corrected chi connectivity index (χ4v) is 3.26. The number of thiophene rings is 1. The zero-order valence-electron chi connectivity index (χ0n) is 10.1. The summed E-state index contributed by atoms with van der Waals surface area (Å²) in [4.78, 5) is 12.4. The second-order valence-electron chi connectivity index (χ2n) is 4.34. The zero-order chi connectivity index (χ0) is 13.2. The lowest BCUT2D eigenvalue weighted by Gasteiger charge is -2.04. The van der Waals surface area contributed by atoms with Gasteiger partial charge in [0.05, 0.1) is 0 Å². The Morgan fingerprint density at radius 2 is 1.89 bits per heavy atom. The maximum Gasteiger partial charge on any atom is 0.168 e. The van der Waals surface area contributed by atoms with E-state index in [1.165, 1.54) is 0 Å². The number of ketones is 1. The van der Waals surface area contributed by atoms with Gasteiger partial charge < -0.3 is 0 Å². The van der Waals surface area contributed by atoms with Gasteiger partial charge in [-0.2, -0.15) is 0 Å². The third-order valence-electron chi connectivity index (χ3n) is 3.09. The molecular formula is C16H11ClOS. The van der Waals surface area contributed by atoms with E-state index in [9.17, 15) is 4.79 Å². The van der Waals surface area contributed by atoms with E-state index in [4.69, 9.17) is 11.6 Å². The van der Waals surface area contributed by atoms with Gasteiger partial charge in [0, 0.05) is 21.7 Å². The summed E-state index contributed by atoms with van der Waals surface area (Å²) in [6.07, 6.45) is 0.344. The predicted octanol–water partition coefficient (Wildman–Crippen LogP) is 4.98. The summed E-state index contributed by atoms with van der Waals surface area (Å²) in [6.45, 7) is 0. The summed E-state index contributed by atoms with van der Waals surface area (Å²) in [5.41, 5.74) is 1.66. The maximum absolute atomic E-state index is 12.4. The summed E-state index contributed by atoms with van der Waals surface area (Å²) in [5, 5.41) is 3.78. The minimum absolute atomic E-state index is 0.112. The van der Waals surface area contributed by atoms with Gasteiger partial charge in [-0.15, -0.1) is 11.3 Å². The van der Waals surface area contributed by atoms with Gasteiger partial charge in [-0.25, -0.2) is 0 Å². The number of fused-ring (bicyclic) bond motifs is 1. The summed E-state index contributed by atoms with van der Waals surface area (Å²) in [7, 11) is 0. The molecule has 0 saturated carbocycles. The van der Waals surface area contributed by atoms with Crippen molar-refractivity contribution in [3.05, 3.63) is 70.1 Å². The first-order valence-corrected chi connectivity index (χ1v) is 7.24. The molecule has 0 fully saturated rings. The predicted molar refractivity (Wildman–Crippen MR) is 81.3 cm³/mol. The number of carbonyl (C=O) groups is 1. The second kappa shape index (κ2) is 5.16. The van der Waals surface area contributed by atoms with Crippen LogP contribution >= 0.6 is 22.9 Å². The number of hydrogen-bond acceptors (Lipinski definition) is 2. The first-order valence-electron chi connectivity index (χ1n) is 5.98. The highest BCUT2D eigenvalue weighted by Crippen LogP contribution is 2.26. The fraction of sp³-hybridized carbons (Fsp3) is 0.0625. The van der Waals surface area contributed by atoms with Crippen LogP contribution < -0.4 is 0 Å². The Morgan fingerprint density at radius 1 is 1.05 bits per heavy atom. The van der Waals surface area contributed by atoms with Crippen LogP contribution in [0.1, 0.15) is 15.9 Å². The van der Waals surface area contributed by atoms with Crippen molar-refractivity contribution in [1.82, 2.24) is 0 Å². The van der Waals surface area contributed by atoms with Crippen molar-refractivity contribution < 1.29 is 4.79 Å². The van der Waals surface area contributed by atoms with Crippen molar-refractivity contribution in [2.24, 2.45) is 0 Å². The highest BCUT2D eigenvalue weighted by molar-refractivity contribution is 7.17. The van der Waals surface area contributed by atoms with Crippen LogP contribution in [0.15, 0.2) is 53.9 Å². The molecule has 2 aromatic carbocycles. The van der Waals surface area contributed by atoms with Crippen LogP contribution in [0.2, 0.25) is 5.02 Å². The Bertz CT molecular complexity index is 745. The van der Waals surface area contributed by atoms with Gasteiger partial charge in [0.25, 0.3) is 0 Å². The molecule has 0 aliphatic rings. The smallest absolute Gasteiger partial charge is 0.168 e. The third kappa shape index (κ3) is 2.42. The average molecular weight is 287 g/mol. The Hall–Kier alpha value is -1.64. The van der Waals surface area contributed by atoms with Crippen molar-refractivity contribution in [2.45, 2.75) is 6.42 Å². The van der Waals surface area contributed by atoms with Crippen molar-refractivity contribution >= 4 is 38.8 Å². The first-order chi connectivity index (χ1) is 9.25. The molecule has 0 aliphatic carbocycles. The lowest BCUT2D eigenvalue weighted by atomic mass is 10.0. The van der Waals surface area contributed by atoms with Crippen molar-refractivity contribution in [3.63, 3.8) is 0 Å². The van der Waals surface area contributed by atoms with Crippen molar-refractivity contribution in [1.29, 1.82) is 0 Å². The van der Waals surface area contributed by atoms with Crippen LogP contribution in [0.4, 0.5) is 0 Å². The molecular weight excluding hydrogens is 276 g/mol. The van der Waals surface area contributed by atoms with E-state index in [0.29, 0.717) is 11.4 Å². The molecule has 3 aromatic rings. The molecule has 0 bridgehead atoms. The fourth-order valence-electron chi connectivity index (χ4n) is 2.12.